The topological polar surface area (TPSA) is 64.4 Å². The van der Waals surface area contributed by atoms with Gasteiger partial charge in [-0.25, -0.2) is 0 Å². The van der Waals surface area contributed by atoms with Gasteiger partial charge in [-0.3, -0.25) is 4.79 Å². The van der Waals surface area contributed by atoms with Crippen molar-refractivity contribution < 1.29 is 9.53 Å². The molecular formula is C20H24N2O2. The molecule has 0 aliphatic carbocycles. The van der Waals surface area contributed by atoms with Crippen LogP contribution in [0.3, 0.4) is 0 Å². The smallest absolute Gasteiger partial charge is 0.237 e. The average Bonchev–Trinajstić information content (AvgIpc) is 2.93. The zero-order valence-electron chi connectivity index (χ0n) is 14.1. The fraction of sp³-hybridized carbons (Fsp3) is 0.350. The van der Waals surface area contributed by atoms with E-state index in [-0.39, 0.29) is 24.0 Å². The van der Waals surface area contributed by atoms with Crippen LogP contribution < -0.4 is 15.8 Å². The summed E-state index contributed by atoms with van der Waals surface area (Å²) in [6.45, 7) is 4.10. The van der Waals surface area contributed by atoms with Crippen molar-refractivity contribution in [3.05, 3.63) is 65.7 Å². The third kappa shape index (κ3) is 3.44. The largest absolute Gasteiger partial charge is 0.487 e. The molecule has 4 nitrogen and oxygen atoms in total. The number of carbonyl (C=O) groups is 1. The second-order valence-corrected chi connectivity index (χ2v) is 6.50. The molecule has 0 saturated heterocycles. The van der Waals surface area contributed by atoms with Gasteiger partial charge in [0.05, 0.1) is 12.1 Å². The molecule has 1 aliphatic heterocycles. The Morgan fingerprint density at radius 2 is 1.83 bits per heavy atom. The van der Waals surface area contributed by atoms with Crippen molar-refractivity contribution in [3.63, 3.8) is 0 Å². The van der Waals surface area contributed by atoms with Gasteiger partial charge in [-0.1, -0.05) is 55.5 Å². The van der Waals surface area contributed by atoms with Gasteiger partial charge in [-0.2, -0.15) is 0 Å². The molecule has 1 amide bonds. The summed E-state index contributed by atoms with van der Waals surface area (Å²) in [5, 5.41) is 3.02. The summed E-state index contributed by atoms with van der Waals surface area (Å²) < 4.78 is 6.02. The number of benzene rings is 2. The highest BCUT2D eigenvalue weighted by atomic mass is 16.5. The molecule has 4 unspecified atom stereocenters. The van der Waals surface area contributed by atoms with Crippen LogP contribution in [0.2, 0.25) is 0 Å². The first-order chi connectivity index (χ1) is 11.6. The molecule has 1 aliphatic rings. The van der Waals surface area contributed by atoms with Crippen molar-refractivity contribution in [2.24, 2.45) is 5.73 Å². The van der Waals surface area contributed by atoms with E-state index < -0.39 is 6.04 Å². The number of amides is 1. The Kier molecular flexibility index (Phi) is 4.86. The molecule has 0 aromatic heterocycles. The predicted molar refractivity (Wildman–Crippen MR) is 95.0 cm³/mol. The average molecular weight is 324 g/mol. The summed E-state index contributed by atoms with van der Waals surface area (Å²) >= 11 is 0. The maximum atomic E-state index is 12.4. The normalized spacial score (nSPS) is 21.5. The number of ether oxygens (including phenoxy) is 1. The van der Waals surface area contributed by atoms with Crippen molar-refractivity contribution >= 4 is 5.91 Å². The van der Waals surface area contributed by atoms with Crippen LogP contribution in [0.15, 0.2) is 54.6 Å². The number of nitrogens with one attached hydrogen (secondary N) is 1. The van der Waals surface area contributed by atoms with Crippen LogP contribution in [0.25, 0.3) is 0 Å². The van der Waals surface area contributed by atoms with E-state index in [9.17, 15) is 4.79 Å². The number of nitrogens with two attached hydrogens (primary N) is 1. The SMILES string of the molecule is CC(NC(=O)C(N)Cc1ccccc1)C1Oc2ccccc2C1C. The number of rotatable bonds is 5. The second kappa shape index (κ2) is 7.05. The Morgan fingerprint density at radius 1 is 1.17 bits per heavy atom. The lowest BCUT2D eigenvalue weighted by atomic mass is 9.93. The minimum atomic E-state index is -0.561. The molecule has 4 heteroatoms. The first-order valence-electron chi connectivity index (χ1n) is 8.41. The minimum absolute atomic E-state index is 0.0738. The van der Waals surface area contributed by atoms with Gasteiger partial charge in [0.15, 0.2) is 0 Å². The van der Waals surface area contributed by atoms with E-state index >= 15 is 0 Å². The molecule has 0 bridgehead atoms. The highest BCUT2D eigenvalue weighted by Crippen LogP contribution is 2.38. The van der Waals surface area contributed by atoms with E-state index in [0.29, 0.717) is 6.42 Å². The molecule has 24 heavy (non-hydrogen) atoms. The maximum absolute atomic E-state index is 12.4. The number of carbonyl (C=O) groups excluding carboxylic acids is 1. The molecule has 3 rings (SSSR count). The Balaban J connectivity index is 1.59. The Morgan fingerprint density at radius 3 is 2.54 bits per heavy atom. The Hall–Kier alpha value is -2.33. The molecule has 2 aromatic rings. The molecule has 3 N–H and O–H groups in total. The molecule has 4 atom stereocenters. The third-order valence-electron chi connectivity index (χ3n) is 4.66. The summed E-state index contributed by atoms with van der Waals surface area (Å²) in [5.74, 6) is 1.00. The lowest BCUT2D eigenvalue weighted by Crippen LogP contribution is -2.50. The molecule has 2 aromatic carbocycles. The summed E-state index contributed by atoms with van der Waals surface area (Å²) in [5.41, 5.74) is 8.31. The summed E-state index contributed by atoms with van der Waals surface area (Å²) in [6, 6.07) is 17.2. The number of hydrogen-bond acceptors (Lipinski definition) is 3. The Bertz CT molecular complexity index is 702. The van der Waals surface area contributed by atoms with E-state index in [1.807, 2.05) is 55.5 Å². The Labute approximate surface area is 143 Å². The van der Waals surface area contributed by atoms with E-state index in [4.69, 9.17) is 10.5 Å². The zero-order chi connectivity index (χ0) is 17.1. The fourth-order valence-corrected chi connectivity index (χ4v) is 3.30. The number of fused-ring (bicyclic) bond motifs is 1. The van der Waals surface area contributed by atoms with Crippen molar-refractivity contribution in [1.82, 2.24) is 5.32 Å². The van der Waals surface area contributed by atoms with Gasteiger partial charge in [0.1, 0.15) is 11.9 Å². The standard InChI is InChI=1S/C20H24N2O2/c1-13-16-10-6-7-11-18(16)24-19(13)14(2)22-20(23)17(21)12-15-8-4-3-5-9-15/h3-11,13-14,17,19H,12,21H2,1-2H3,(H,22,23). The van der Waals surface area contributed by atoms with Crippen molar-refractivity contribution in [2.75, 3.05) is 0 Å². The van der Waals surface area contributed by atoms with Gasteiger partial charge >= 0.3 is 0 Å². The summed E-state index contributed by atoms with van der Waals surface area (Å²) in [7, 11) is 0. The maximum Gasteiger partial charge on any atom is 0.237 e. The highest BCUT2D eigenvalue weighted by Gasteiger charge is 2.35. The van der Waals surface area contributed by atoms with E-state index in [1.54, 1.807) is 0 Å². The molecule has 0 spiro atoms. The van der Waals surface area contributed by atoms with Gasteiger partial charge in [0, 0.05) is 11.5 Å². The van der Waals surface area contributed by atoms with Crippen LogP contribution in [0.5, 0.6) is 5.75 Å². The zero-order valence-corrected chi connectivity index (χ0v) is 14.1. The van der Waals surface area contributed by atoms with Crippen LogP contribution in [0, 0.1) is 0 Å². The molecule has 0 fully saturated rings. The lowest BCUT2D eigenvalue weighted by molar-refractivity contribution is -0.123. The monoisotopic (exact) mass is 324 g/mol. The van der Waals surface area contributed by atoms with Crippen LogP contribution in [0.4, 0.5) is 0 Å². The van der Waals surface area contributed by atoms with Crippen LogP contribution in [-0.4, -0.2) is 24.1 Å². The minimum Gasteiger partial charge on any atom is -0.487 e. The van der Waals surface area contributed by atoms with Crippen molar-refractivity contribution in [3.8, 4) is 5.75 Å². The summed E-state index contributed by atoms with van der Waals surface area (Å²) in [4.78, 5) is 12.4. The van der Waals surface area contributed by atoms with Crippen LogP contribution >= 0.6 is 0 Å². The van der Waals surface area contributed by atoms with Crippen molar-refractivity contribution in [2.45, 2.75) is 44.4 Å². The number of hydrogen-bond donors (Lipinski definition) is 2. The highest BCUT2D eigenvalue weighted by molar-refractivity contribution is 5.82. The molecular weight excluding hydrogens is 300 g/mol. The van der Waals surface area contributed by atoms with E-state index in [2.05, 4.69) is 18.3 Å². The van der Waals surface area contributed by atoms with Gasteiger partial charge in [0.2, 0.25) is 5.91 Å². The van der Waals surface area contributed by atoms with Crippen LogP contribution in [0.1, 0.15) is 30.9 Å². The fourth-order valence-electron chi connectivity index (χ4n) is 3.30. The molecule has 0 saturated carbocycles. The number of para-hydroxylation sites is 1. The van der Waals surface area contributed by atoms with Gasteiger partial charge in [-0.15, -0.1) is 0 Å². The predicted octanol–water partition coefficient (Wildman–Crippen LogP) is 2.63. The van der Waals surface area contributed by atoms with Gasteiger partial charge < -0.3 is 15.8 Å². The quantitative estimate of drug-likeness (QED) is 0.888. The molecule has 126 valence electrons. The first kappa shape index (κ1) is 16.5. The first-order valence-corrected chi connectivity index (χ1v) is 8.41. The third-order valence-corrected chi connectivity index (χ3v) is 4.66. The van der Waals surface area contributed by atoms with E-state index in [0.717, 1.165) is 11.3 Å². The lowest BCUT2D eigenvalue weighted by Gasteiger charge is -2.25. The molecule has 0 radical (unpaired) electrons. The van der Waals surface area contributed by atoms with Crippen LogP contribution in [-0.2, 0) is 11.2 Å². The van der Waals surface area contributed by atoms with E-state index in [1.165, 1.54) is 5.56 Å². The molecule has 1 heterocycles. The second-order valence-electron chi connectivity index (χ2n) is 6.50. The van der Waals surface area contributed by atoms with Crippen molar-refractivity contribution in [1.29, 1.82) is 0 Å². The van der Waals surface area contributed by atoms with Gasteiger partial charge in [0.25, 0.3) is 0 Å². The van der Waals surface area contributed by atoms with Gasteiger partial charge in [-0.05, 0) is 25.0 Å². The summed E-state index contributed by atoms with van der Waals surface area (Å²) in [6.07, 6.45) is 0.455.